The van der Waals surface area contributed by atoms with Crippen LogP contribution in [0.2, 0.25) is 0 Å². The molecule has 0 unspecified atom stereocenters. The summed E-state index contributed by atoms with van der Waals surface area (Å²) < 4.78 is 4.93. The highest BCUT2D eigenvalue weighted by Crippen LogP contribution is 2.34. The Labute approximate surface area is 142 Å². The van der Waals surface area contributed by atoms with E-state index in [9.17, 15) is 19.2 Å². The molecule has 0 spiro atoms. The molecule has 9 heteroatoms. The first-order valence-electron chi connectivity index (χ1n) is 7.20. The second-order valence-corrected chi connectivity index (χ2v) is 6.05. The Morgan fingerprint density at radius 3 is 2.79 bits per heavy atom. The molecule has 1 aromatic rings. The van der Waals surface area contributed by atoms with Crippen LogP contribution in [0.1, 0.15) is 13.3 Å². The van der Waals surface area contributed by atoms with E-state index in [1.807, 2.05) is 29.6 Å². The molecule has 8 nitrogen and oxygen atoms in total. The minimum Gasteiger partial charge on any atom is -0.452 e. The Bertz CT molecular complexity index is 679. The molecule has 0 radical (unpaired) electrons. The number of ether oxygens (including phenoxy) is 1. The van der Waals surface area contributed by atoms with Gasteiger partial charge in [0.05, 0.1) is 17.9 Å². The molecule has 0 saturated heterocycles. The maximum Gasteiger partial charge on any atom is 0.318 e. The molecular weight excluding hydrogens is 334 g/mol. The van der Waals surface area contributed by atoms with Gasteiger partial charge in [0.25, 0.3) is 5.91 Å². The summed E-state index contributed by atoms with van der Waals surface area (Å²) in [6.07, 6.45) is -1.22. The lowest BCUT2D eigenvalue weighted by atomic mass is 10.2. The van der Waals surface area contributed by atoms with Crippen LogP contribution < -0.4 is 16.0 Å². The van der Waals surface area contributed by atoms with Crippen LogP contribution in [0.5, 0.6) is 0 Å². The second kappa shape index (κ2) is 7.82. The average Bonchev–Trinajstić information content (AvgIpc) is 2.53. The molecule has 1 atom stereocenters. The zero-order valence-corrected chi connectivity index (χ0v) is 13.8. The van der Waals surface area contributed by atoms with Crippen LogP contribution in [0.3, 0.4) is 0 Å². The van der Waals surface area contributed by atoms with Crippen LogP contribution in [0.15, 0.2) is 29.2 Å². The summed E-state index contributed by atoms with van der Waals surface area (Å²) in [4.78, 5) is 48.4. The number of thioether (sulfide) groups is 1. The molecule has 1 aromatic carbocycles. The molecule has 2 rings (SSSR count). The predicted molar refractivity (Wildman–Crippen MR) is 87.4 cm³/mol. The molecule has 0 aliphatic carbocycles. The number of esters is 1. The van der Waals surface area contributed by atoms with E-state index in [1.54, 1.807) is 0 Å². The fourth-order valence-electron chi connectivity index (χ4n) is 2.13. The number of imide groups is 1. The van der Waals surface area contributed by atoms with Crippen LogP contribution >= 0.6 is 11.8 Å². The number of benzene rings is 1. The molecule has 24 heavy (non-hydrogen) atoms. The van der Waals surface area contributed by atoms with Crippen molar-refractivity contribution in [2.24, 2.45) is 5.73 Å². The summed E-state index contributed by atoms with van der Waals surface area (Å²) in [5, 5.41) is 1.83. The number of urea groups is 1. The van der Waals surface area contributed by atoms with Gasteiger partial charge in [-0.1, -0.05) is 12.1 Å². The van der Waals surface area contributed by atoms with E-state index in [-0.39, 0.29) is 18.9 Å². The van der Waals surface area contributed by atoms with Crippen LogP contribution in [0.25, 0.3) is 0 Å². The smallest absolute Gasteiger partial charge is 0.318 e. The van der Waals surface area contributed by atoms with Crippen molar-refractivity contribution in [3.63, 3.8) is 0 Å². The Hall–Kier alpha value is -2.55. The second-order valence-electron chi connectivity index (χ2n) is 5.04. The average molecular weight is 351 g/mol. The standard InChI is InChI=1S/C15H17N3O5S/c1-9(14(21)17-15(16)22)23-13(20)6-7-18-10-4-2-3-5-11(10)24-8-12(18)19/h2-5,9H,6-8H2,1H3,(H3,16,17,21,22)/t9-/m1/s1. The molecule has 3 N–H and O–H groups in total. The van der Waals surface area contributed by atoms with Crippen LogP contribution in [-0.2, 0) is 19.1 Å². The van der Waals surface area contributed by atoms with E-state index >= 15 is 0 Å². The van der Waals surface area contributed by atoms with Gasteiger partial charge in [0, 0.05) is 11.4 Å². The normalized spacial score (nSPS) is 14.5. The quantitative estimate of drug-likeness (QED) is 0.752. The highest BCUT2D eigenvalue weighted by Gasteiger charge is 2.26. The third kappa shape index (κ3) is 4.48. The SMILES string of the molecule is C[C@@H](OC(=O)CCN1C(=O)CSc2ccccc21)C(=O)NC(N)=O. The predicted octanol–water partition coefficient (Wildman–Crippen LogP) is 0.642. The lowest BCUT2D eigenvalue weighted by molar-refractivity contribution is -0.154. The Kier molecular flexibility index (Phi) is 5.80. The Morgan fingerprint density at radius 1 is 1.38 bits per heavy atom. The molecule has 1 heterocycles. The van der Waals surface area contributed by atoms with Crippen molar-refractivity contribution in [3.8, 4) is 0 Å². The van der Waals surface area contributed by atoms with Crippen molar-refractivity contribution in [2.45, 2.75) is 24.3 Å². The molecule has 0 fully saturated rings. The monoisotopic (exact) mass is 351 g/mol. The Balaban J connectivity index is 1.91. The number of carbonyl (C=O) groups is 4. The lowest BCUT2D eigenvalue weighted by Gasteiger charge is -2.28. The summed E-state index contributed by atoms with van der Waals surface area (Å²) in [7, 11) is 0. The number of fused-ring (bicyclic) bond motifs is 1. The van der Waals surface area contributed by atoms with Crippen LogP contribution in [0, 0.1) is 0 Å². The third-order valence-corrected chi connectivity index (χ3v) is 4.32. The summed E-state index contributed by atoms with van der Waals surface area (Å²) in [6.45, 7) is 1.48. The number of carbonyl (C=O) groups excluding carboxylic acids is 4. The number of hydrogen-bond acceptors (Lipinski definition) is 6. The molecule has 0 bridgehead atoms. The summed E-state index contributed by atoms with van der Waals surface area (Å²) >= 11 is 1.45. The molecule has 1 aliphatic heterocycles. The number of para-hydroxylation sites is 1. The first kappa shape index (κ1) is 17.8. The third-order valence-electron chi connectivity index (χ3n) is 3.27. The number of primary amides is 1. The van der Waals surface area contributed by atoms with Crippen molar-refractivity contribution in [1.29, 1.82) is 0 Å². The van der Waals surface area contributed by atoms with Gasteiger partial charge in [-0.3, -0.25) is 19.7 Å². The molecular formula is C15H17N3O5S. The molecule has 0 aromatic heterocycles. The van der Waals surface area contributed by atoms with E-state index in [0.717, 1.165) is 10.6 Å². The first-order valence-corrected chi connectivity index (χ1v) is 8.19. The number of nitrogens with one attached hydrogen (secondary N) is 1. The minimum atomic E-state index is -1.15. The van der Waals surface area contributed by atoms with E-state index in [2.05, 4.69) is 0 Å². The Morgan fingerprint density at radius 2 is 2.08 bits per heavy atom. The van der Waals surface area contributed by atoms with Crippen LogP contribution in [-0.4, -0.2) is 42.2 Å². The van der Waals surface area contributed by atoms with Gasteiger partial charge in [0.15, 0.2) is 6.10 Å². The fourth-order valence-corrected chi connectivity index (χ4v) is 3.07. The number of anilines is 1. The van der Waals surface area contributed by atoms with E-state index in [0.29, 0.717) is 5.75 Å². The lowest BCUT2D eigenvalue weighted by Crippen LogP contribution is -2.42. The van der Waals surface area contributed by atoms with E-state index < -0.39 is 24.0 Å². The number of nitrogens with zero attached hydrogens (tertiary/aromatic N) is 1. The van der Waals surface area contributed by atoms with Crippen molar-refractivity contribution >= 4 is 41.3 Å². The molecule has 1 aliphatic rings. The largest absolute Gasteiger partial charge is 0.452 e. The van der Waals surface area contributed by atoms with Gasteiger partial charge in [0.1, 0.15) is 0 Å². The molecule has 0 saturated carbocycles. The molecule has 4 amide bonds. The van der Waals surface area contributed by atoms with Gasteiger partial charge in [-0.25, -0.2) is 4.79 Å². The van der Waals surface area contributed by atoms with E-state index in [1.165, 1.54) is 23.6 Å². The zero-order chi connectivity index (χ0) is 17.7. The highest BCUT2D eigenvalue weighted by atomic mass is 32.2. The molecule has 128 valence electrons. The highest BCUT2D eigenvalue weighted by molar-refractivity contribution is 8.00. The minimum absolute atomic E-state index is 0.0705. The first-order chi connectivity index (χ1) is 11.4. The maximum atomic E-state index is 12.1. The fraction of sp³-hybridized carbons (Fsp3) is 0.333. The van der Waals surface area contributed by atoms with Crippen molar-refractivity contribution in [1.82, 2.24) is 5.32 Å². The van der Waals surface area contributed by atoms with Gasteiger partial charge in [0.2, 0.25) is 5.91 Å². The number of nitrogens with two attached hydrogens (primary N) is 1. The number of amides is 4. The maximum absolute atomic E-state index is 12.1. The number of hydrogen-bond donors (Lipinski definition) is 2. The summed E-state index contributed by atoms with van der Waals surface area (Å²) in [6, 6.07) is 6.41. The van der Waals surface area contributed by atoms with Crippen molar-refractivity contribution < 1.29 is 23.9 Å². The van der Waals surface area contributed by atoms with Crippen LogP contribution in [0.4, 0.5) is 10.5 Å². The van der Waals surface area contributed by atoms with Crippen molar-refractivity contribution in [2.75, 3.05) is 17.2 Å². The summed E-state index contributed by atoms with van der Waals surface area (Å²) in [5.41, 5.74) is 5.58. The topological polar surface area (TPSA) is 119 Å². The zero-order valence-electron chi connectivity index (χ0n) is 13.0. The van der Waals surface area contributed by atoms with E-state index in [4.69, 9.17) is 10.5 Å². The van der Waals surface area contributed by atoms with Crippen molar-refractivity contribution in [3.05, 3.63) is 24.3 Å². The van der Waals surface area contributed by atoms with Gasteiger partial charge in [-0.05, 0) is 19.1 Å². The number of rotatable bonds is 5. The van der Waals surface area contributed by atoms with Gasteiger partial charge < -0.3 is 15.4 Å². The van der Waals surface area contributed by atoms with Gasteiger partial charge >= 0.3 is 12.0 Å². The van der Waals surface area contributed by atoms with Gasteiger partial charge in [-0.15, -0.1) is 11.8 Å². The summed E-state index contributed by atoms with van der Waals surface area (Å²) in [5.74, 6) is -1.23. The van der Waals surface area contributed by atoms with Gasteiger partial charge in [-0.2, -0.15) is 0 Å².